The largest absolute Gasteiger partial charge is 0.365 e. The molecule has 1 amide bonds. The molecule has 8 heteroatoms. The molecule has 0 bridgehead atoms. The van der Waals surface area contributed by atoms with Crippen molar-refractivity contribution in [3.8, 4) is 0 Å². The highest BCUT2D eigenvalue weighted by Crippen LogP contribution is 2.43. The first kappa shape index (κ1) is 27.7. The standard InChI is InChI=1S/C30H36F2N4O2/c1-4-15-36(22-33-5-2)28(23-11-12-26(31)27(32)20-23)29(37)34(3)16-8-17-35-18-13-30(14-19-35)25-10-7-6-9-24(25)21-38-30/h4-7,9-12,20,22,28H,1-2,8,13-19,21H2,3H3. The quantitative estimate of drug-likeness (QED) is 0.236. The van der Waals surface area contributed by atoms with E-state index in [0.29, 0.717) is 25.3 Å². The van der Waals surface area contributed by atoms with Crippen molar-refractivity contribution in [2.45, 2.75) is 37.5 Å². The molecule has 0 aliphatic carbocycles. The summed E-state index contributed by atoms with van der Waals surface area (Å²) in [6.45, 7) is 11.6. The van der Waals surface area contributed by atoms with Gasteiger partial charge in [-0.15, -0.1) is 6.58 Å². The molecule has 1 unspecified atom stereocenters. The summed E-state index contributed by atoms with van der Waals surface area (Å²) < 4.78 is 34.0. The number of fused-ring (bicyclic) bond motifs is 2. The lowest BCUT2D eigenvalue weighted by molar-refractivity contribution is -0.134. The molecule has 202 valence electrons. The number of likely N-dealkylation sites (tertiary alicyclic amines) is 1. The highest BCUT2D eigenvalue weighted by Gasteiger charge is 2.42. The summed E-state index contributed by atoms with van der Waals surface area (Å²) in [5, 5.41) is 0. The maximum absolute atomic E-state index is 14.1. The van der Waals surface area contributed by atoms with Crippen LogP contribution in [0.1, 0.15) is 42.0 Å². The Morgan fingerprint density at radius 1 is 1.18 bits per heavy atom. The second-order valence-corrected chi connectivity index (χ2v) is 9.90. The third-order valence-electron chi connectivity index (χ3n) is 7.51. The van der Waals surface area contributed by atoms with Gasteiger partial charge >= 0.3 is 0 Å². The maximum atomic E-state index is 14.1. The fourth-order valence-corrected chi connectivity index (χ4v) is 5.45. The number of rotatable bonds is 11. The first-order chi connectivity index (χ1) is 18.4. The van der Waals surface area contributed by atoms with Gasteiger partial charge in [-0.25, -0.2) is 13.8 Å². The minimum Gasteiger partial charge on any atom is -0.365 e. The van der Waals surface area contributed by atoms with Crippen LogP contribution in [-0.4, -0.2) is 66.7 Å². The van der Waals surface area contributed by atoms with E-state index < -0.39 is 17.7 Å². The molecule has 1 fully saturated rings. The van der Waals surface area contributed by atoms with E-state index in [4.69, 9.17) is 4.74 Å². The number of hydrogen-bond donors (Lipinski definition) is 0. The molecule has 2 aromatic carbocycles. The number of benzene rings is 2. The summed E-state index contributed by atoms with van der Waals surface area (Å²) in [6, 6.07) is 11.1. The molecule has 2 aliphatic rings. The van der Waals surface area contributed by atoms with Crippen molar-refractivity contribution >= 4 is 12.2 Å². The maximum Gasteiger partial charge on any atom is 0.249 e. The number of ether oxygens (including phenoxy) is 1. The second kappa shape index (κ2) is 12.5. The lowest BCUT2D eigenvalue weighted by Gasteiger charge is -2.39. The van der Waals surface area contributed by atoms with Gasteiger partial charge in [0.25, 0.3) is 0 Å². The van der Waals surface area contributed by atoms with Gasteiger partial charge in [-0.2, -0.15) is 0 Å². The third kappa shape index (κ3) is 6.03. The van der Waals surface area contributed by atoms with Crippen molar-refractivity contribution in [1.29, 1.82) is 0 Å². The number of piperidine rings is 1. The Labute approximate surface area is 223 Å². The minimum absolute atomic E-state index is 0.168. The van der Waals surface area contributed by atoms with Crippen molar-refractivity contribution in [2.24, 2.45) is 4.99 Å². The van der Waals surface area contributed by atoms with Crippen LogP contribution in [-0.2, 0) is 21.7 Å². The Balaban J connectivity index is 1.37. The zero-order valence-corrected chi connectivity index (χ0v) is 22.0. The van der Waals surface area contributed by atoms with Gasteiger partial charge in [0.1, 0.15) is 6.04 Å². The number of hydrogen-bond acceptors (Lipinski definition) is 4. The minimum atomic E-state index is -1.00. The summed E-state index contributed by atoms with van der Waals surface area (Å²) in [5.41, 5.74) is 2.80. The number of carbonyl (C=O) groups excluding carboxylic acids is 1. The number of aliphatic imine (C=N–C) groups is 1. The lowest BCUT2D eigenvalue weighted by Crippen LogP contribution is -2.44. The number of nitrogens with zero attached hydrogens (tertiary/aromatic N) is 4. The van der Waals surface area contributed by atoms with Crippen LogP contribution in [0.2, 0.25) is 0 Å². The highest BCUT2D eigenvalue weighted by atomic mass is 19.2. The number of carbonyl (C=O) groups is 1. The van der Waals surface area contributed by atoms with Gasteiger partial charge in [0, 0.05) is 39.4 Å². The summed E-state index contributed by atoms with van der Waals surface area (Å²) >= 11 is 0. The topological polar surface area (TPSA) is 48.4 Å². The molecule has 0 saturated carbocycles. The molecule has 0 radical (unpaired) electrons. The Kier molecular flexibility index (Phi) is 9.07. The van der Waals surface area contributed by atoms with Crippen molar-refractivity contribution < 1.29 is 18.3 Å². The number of likely N-dealkylation sites (N-methyl/N-ethyl adjacent to an activating group) is 1. The normalized spacial score (nSPS) is 17.3. The Morgan fingerprint density at radius 3 is 2.66 bits per heavy atom. The second-order valence-electron chi connectivity index (χ2n) is 9.90. The van der Waals surface area contributed by atoms with Gasteiger partial charge in [-0.1, -0.05) is 43.0 Å². The van der Waals surface area contributed by atoms with Crippen LogP contribution in [0.15, 0.2) is 72.9 Å². The highest BCUT2D eigenvalue weighted by molar-refractivity contribution is 5.85. The Morgan fingerprint density at radius 2 is 1.95 bits per heavy atom. The van der Waals surface area contributed by atoms with Crippen LogP contribution in [0.25, 0.3) is 0 Å². The van der Waals surface area contributed by atoms with Crippen LogP contribution in [0.5, 0.6) is 0 Å². The average molecular weight is 523 g/mol. The summed E-state index contributed by atoms with van der Waals surface area (Å²) in [4.78, 5) is 23.4. The SMILES string of the molecule is C=CCN(C=NC=C)C(C(=O)N(C)CCCN1CCC2(CC1)OCc1ccccc12)c1ccc(F)c(F)c1. The van der Waals surface area contributed by atoms with Crippen molar-refractivity contribution in [3.05, 3.63) is 96.2 Å². The molecule has 1 atom stereocenters. The van der Waals surface area contributed by atoms with Gasteiger partial charge in [0.15, 0.2) is 11.6 Å². The number of halogens is 2. The van der Waals surface area contributed by atoms with Gasteiger partial charge in [-0.3, -0.25) is 4.79 Å². The van der Waals surface area contributed by atoms with Crippen LogP contribution < -0.4 is 0 Å². The smallest absolute Gasteiger partial charge is 0.249 e. The van der Waals surface area contributed by atoms with Crippen LogP contribution in [0.4, 0.5) is 8.78 Å². The van der Waals surface area contributed by atoms with Crippen molar-refractivity contribution in [2.75, 3.05) is 39.8 Å². The first-order valence-electron chi connectivity index (χ1n) is 13.0. The third-order valence-corrected chi connectivity index (χ3v) is 7.51. The molecule has 4 rings (SSSR count). The average Bonchev–Trinajstić information content (AvgIpc) is 3.28. The molecule has 1 spiro atoms. The van der Waals surface area contributed by atoms with Crippen LogP contribution in [0.3, 0.4) is 0 Å². The van der Waals surface area contributed by atoms with E-state index in [1.54, 1.807) is 22.9 Å². The first-order valence-corrected chi connectivity index (χ1v) is 13.0. The van der Waals surface area contributed by atoms with Crippen molar-refractivity contribution in [3.63, 3.8) is 0 Å². The molecule has 6 nitrogen and oxygen atoms in total. The summed E-state index contributed by atoms with van der Waals surface area (Å²) in [5.74, 6) is -2.20. The summed E-state index contributed by atoms with van der Waals surface area (Å²) in [7, 11) is 1.74. The Hall–Kier alpha value is -3.36. The molecule has 0 aromatic heterocycles. The fourth-order valence-electron chi connectivity index (χ4n) is 5.45. The van der Waals surface area contributed by atoms with E-state index in [9.17, 15) is 13.6 Å². The van der Waals surface area contributed by atoms with Crippen LogP contribution >= 0.6 is 0 Å². The van der Waals surface area contributed by atoms with Gasteiger partial charge in [0.2, 0.25) is 5.91 Å². The molecule has 2 aliphatic heterocycles. The van der Waals surface area contributed by atoms with E-state index in [-0.39, 0.29) is 11.5 Å². The molecule has 2 heterocycles. The monoisotopic (exact) mass is 522 g/mol. The molecule has 38 heavy (non-hydrogen) atoms. The molecule has 1 saturated heterocycles. The molecule has 2 aromatic rings. The van der Waals surface area contributed by atoms with E-state index in [2.05, 4.69) is 47.3 Å². The Bertz CT molecular complexity index is 1180. The fraction of sp³-hybridized carbons (Fsp3) is 0.400. The number of amides is 1. The van der Waals surface area contributed by atoms with Gasteiger partial charge in [0.05, 0.1) is 18.5 Å². The van der Waals surface area contributed by atoms with E-state index >= 15 is 0 Å². The van der Waals surface area contributed by atoms with Gasteiger partial charge < -0.3 is 19.4 Å². The van der Waals surface area contributed by atoms with Gasteiger partial charge in [-0.05, 0) is 54.6 Å². The predicted molar refractivity (Wildman–Crippen MR) is 146 cm³/mol. The summed E-state index contributed by atoms with van der Waals surface area (Å²) in [6.07, 6.45) is 7.15. The molecular formula is C30H36F2N4O2. The lowest BCUT2D eigenvalue weighted by atomic mass is 9.84. The van der Waals surface area contributed by atoms with Crippen LogP contribution in [0, 0.1) is 11.6 Å². The zero-order chi connectivity index (χ0) is 27.1. The van der Waals surface area contributed by atoms with Crippen molar-refractivity contribution in [1.82, 2.24) is 14.7 Å². The zero-order valence-electron chi connectivity index (χ0n) is 22.0. The van der Waals surface area contributed by atoms with E-state index in [1.165, 1.54) is 29.7 Å². The molecule has 0 N–H and O–H groups in total. The van der Waals surface area contributed by atoms with E-state index in [0.717, 1.165) is 51.0 Å². The van der Waals surface area contributed by atoms with E-state index in [1.807, 2.05) is 0 Å². The molecular weight excluding hydrogens is 486 g/mol. The predicted octanol–water partition coefficient (Wildman–Crippen LogP) is 5.04.